The van der Waals surface area contributed by atoms with Crippen LogP contribution in [0.4, 0.5) is 5.69 Å². The number of ether oxygens (including phenoxy) is 1. The van der Waals surface area contributed by atoms with Gasteiger partial charge in [0.15, 0.2) is 0 Å². The third kappa shape index (κ3) is 2.10. The minimum Gasteiger partial charge on any atom is -0.373 e. The van der Waals surface area contributed by atoms with Crippen molar-refractivity contribution in [3.8, 4) is 0 Å². The van der Waals surface area contributed by atoms with Gasteiger partial charge in [0.05, 0.1) is 30.6 Å². The van der Waals surface area contributed by atoms with E-state index in [0.717, 1.165) is 31.9 Å². The molecule has 98 valence electrons. The van der Waals surface area contributed by atoms with Gasteiger partial charge in [0.2, 0.25) is 0 Å². The molecule has 0 bridgehead atoms. The van der Waals surface area contributed by atoms with E-state index < -0.39 is 0 Å². The molecular weight excluding hydrogens is 226 g/mol. The number of hydrogen-bond acceptors (Lipinski definition) is 4. The monoisotopic (exact) mass is 247 g/mol. The van der Waals surface area contributed by atoms with Gasteiger partial charge in [0, 0.05) is 25.3 Å². The van der Waals surface area contributed by atoms with Gasteiger partial charge < -0.3 is 15.0 Å². The second kappa shape index (κ2) is 4.86. The largest absolute Gasteiger partial charge is 0.373 e. The summed E-state index contributed by atoms with van der Waals surface area (Å²) >= 11 is 0. The molecule has 4 nitrogen and oxygen atoms in total. The van der Waals surface area contributed by atoms with Crippen molar-refractivity contribution < 1.29 is 4.74 Å². The average Bonchev–Trinajstić information content (AvgIpc) is 2.87. The summed E-state index contributed by atoms with van der Waals surface area (Å²) in [5, 5.41) is 3.41. The summed E-state index contributed by atoms with van der Waals surface area (Å²) in [6.07, 6.45) is 2.35. The van der Waals surface area contributed by atoms with Crippen molar-refractivity contribution in [2.45, 2.75) is 31.9 Å². The number of hydrogen-bond donors (Lipinski definition) is 1. The molecule has 1 N–H and O–H groups in total. The fourth-order valence-corrected chi connectivity index (χ4v) is 2.82. The summed E-state index contributed by atoms with van der Waals surface area (Å²) in [6.45, 7) is 8.11. The Hall–Kier alpha value is -1.13. The lowest BCUT2D eigenvalue weighted by atomic mass is 10.1. The zero-order chi connectivity index (χ0) is 12.5. The molecule has 2 aliphatic heterocycles. The maximum atomic E-state index is 5.79. The maximum Gasteiger partial charge on any atom is 0.0915 e. The molecule has 1 aromatic rings. The van der Waals surface area contributed by atoms with Crippen molar-refractivity contribution in [1.29, 1.82) is 0 Å². The molecule has 4 heteroatoms. The normalized spacial score (nSPS) is 27.6. The van der Waals surface area contributed by atoms with Crippen LogP contribution >= 0.6 is 0 Å². The van der Waals surface area contributed by atoms with Crippen LogP contribution in [0.2, 0.25) is 0 Å². The van der Waals surface area contributed by atoms with E-state index in [-0.39, 0.29) is 0 Å². The van der Waals surface area contributed by atoms with Crippen molar-refractivity contribution >= 4 is 5.69 Å². The molecule has 0 unspecified atom stereocenters. The van der Waals surface area contributed by atoms with Gasteiger partial charge in [-0.15, -0.1) is 0 Å². The Morgan fingerprint density at radius 2 is 2.28 bits per heavy atom. The first-order valence-electron chi connectivity index (χ1n) is 6.80. The van der Waals surface area contributed by atoms with Crippen LogP contribution in [0, 0.1) is 0 Å². The summed E-state index contributed by atoms with van der Waals surface area (Å²) in [6, 6.07) is 4.81. The van der Waals surface area contributed by atoms with E-state index in [1.165, 1.54) is 5.69 Å². The third-order valence-corrected chi connectivity index (χ3v) is 3.89. The summed E-state index contributed by atoms with van der Waals surface area (Å²) in [5.41, 5.74) is 2.38. The minimum absolute atomic E-state index is 0.337. The van der Waals surface area contributed by atoms with Crippen LogP contribution in [0.25, 0.3) is 0 Å². The smallest absolute Gasteiger partial charge is 0.0915 e. The Morgan fingerprint density at radius 1 is 1.39 bits per heavy atom. The van der Waals surface area contributed by atoms with E-state index >= 15 is 0 Å². The molecule has 0 aromatic carbocycles. The third-order valence-electron chi connectivity index (χ3n) is 3.89. The highest BCUT2D eigenvalue weighted by molar-refractivity contribution is 5.47. The standard InChI is InChI=1S/C14H21N3O/c1-10(2)12-4-3-11(7-16-12)17-5-6-18-14-9-15-8-13(14)17/h3-4,7,10,13-15H,5-6,8-9H2,1-2H3/t13-,14+/m0/s1. The number of anilines is 1. The number of aromatic nitrogens is 1. The fourth-order valence-electron chi connectivity index (χ4n) is 2.82. The number of rotatable bonds is 2. The van der Waals surface area contributed by atoms with Crippen LogP contribution in [0.15, 0.2) is 18.3 Å². The molecule has 2 saturated heterocycles. The molecule has 1 aromatic heterocycles. The lowest BCUT2D eigenvalue weighted by molar-refractivity contribution is 0.0349. The van der Waals surface area contributed by atoms with Crippen LogP contribution in [-0.4, -0.2) is 43.4 Å². The van der Waals surface area contributed by atoms with Crippen molar-refractivity contribution in [3.05, 3.63) is 24.0 Å². The van der Waals surface area contributed by atoms with E-state index in [0.29, 0.717) is 18.1 Å². The Morgan fingerprint density at radius 3 is 3.00 bits per heavy atom. The second-order valence-electron chi connectivity index (χ2n) is 5.42. The summed E-state index contributed by atoms with van der Waals surface area (Å²) in [4.78, 5) is 7.00. The number of fused-ring (bicyclic) bond motifs is 1. The van der Waals surface area contributed by atoms with Gasteiger partial charge in [-0.1, -0.05) is 13.8 Å². The first-order chi connectivity index (χ1) is 8.75. The predicted molar refractivity (Wildman–Crippen MR) is 72.1 cm³/mol. The minimum atomic E-state index is 0.337. The molecule has 3 rings (SSSR count). The molecule has 3 heterocycles. The van der Waals surface area contributed by atoms with Crippen LogP contribution in [0.1, 0.15) is 25.5 Å². The highest BCUT2D eigenvalue weighted by atomic mass is 16.5. The van der Waals surface area contributed by atoms with Crippen LogP contribution in [0.5, 0.6) is 0 Å². The van der Waals surface area contributed by atoms with Crippen molar-refractivity contribution in [2.75, 3.05) is 31.1 Å². The SMILES string of the molecule is CC(C)c1ccc(N2CCO[C@@H]3CNC[C@@H]32)cn1. The first-order valence-corrected chi connectivity index (χ1v) is 6.80. The highest BCUT2D eigenvalue weighted by Gasteiger charge is 2.36. The molecule has 18 heavy (non-hydrogen) atoms. The molecule has 0 radical (unpaired) electrons. The molecule has 0 amide bonds. The van der Waals surface area contributed by atoms with Gasteiger partial charge in [-0.2, -0.15) is 0 Å². The van der Waals surface area contributed by atoms with E-state index in [1.807, 2.05) is 6.20 Å². The Kier molecular flexibility index (Phi) is 3.22. The molecule has 2 fully saturated rings. The lowest BCUT2D eigenvalue weighted by Crippen LogP contribution is -2.51. The van der Waals surface area contributed by atoms with Gasteiger partial charge in [-0.05, 0) is 18.1 Å². The summed E-state index contributed by atoms with van der Waals surface area (Å²) < 4.78 is 5.79. The van der Waals surface area contributed by atoms with Gasteiger partial charge in [-0.25, -0.2) is 0 Å². The molecule has 0 spiro atoms. The second-order valence-corrected chi connectivity index (χ2v) is 5.42. The Balaban J connectivity index is 1.80. The highest BCUT2D eigenvalue weighted by Crippen LogP contribution is 2.25. The van der Waals surface area contributed by atoms with Crippen molar-refractivity contribution in [1.82, 2.24) is 10.3 Å². The van der Waals surface area contributed by atoms with Gasteiger partial charge >= 0.3 is 0 Å². The average molecular weight is 247 g/mol. The van der Waals surface area contributed by atoms with E-state index in [2.05, 4.69) is 41.2 Å². The van der Waals surface area contributed by atoms with Gasteiger partial charge in [0.25, 0.3) is 0 Å². The van der Waals surface area contributed by atoms with Crippen molar-refractivity contribution in [2.24, 2.45) is 0 Å². The molecule has 2 atom stereocenters. The van der Waals surface area contributed by atoms with E-state index in [1.54, 1.807) is 0 Å². The zero-order valence-corrected chi connectivity index (χ0v) is 11.1. The number of nitrogens with zero attached hydrogens (tertiary/aromatic N) is 2. The van der Waals surface area contributed by atoms with Crippen LogP contribution in [-0.2, 0) is 4.74 Å². The zero-order valence-electron chi connectivity index (χ0n) is 11.1. The summed E-state index contributed by atoms with van der Waals surface area (Å²) in [5.74, 6) is 0.490. The van der Waals surface area contributed by atoms with E-state index in [4.69, 9.17) is 4.74 Å². The molecular formula is C14H21N3O. The van der Waals surface area contributed by atoms with E-state index in [9.17, 15) is 0 Å². The number of pyridine rings is 1. The Bertz CT molecular complexity index is 404. The Labute approximate surface area is 108 Å². The van der Waals surface area contributed by atoms with Gasteiger partial charge in [0.1, 0.15) is 0 Å². The van der Waals surface area contributed by atoms with Crippen LogP contribution in [0.3, 0.4) is 0 Å². The van der Waals surface area contributed by atoms with Crippen molar-refractivity contribution in [3.63, 3.8) is 0 Å². The predicted octanol–water partition coefficient (Wildman–Crippen LogP) is 1.38. The topological polar surface area (TPSA) is 37.4 Å². The molecule has 0 saturated carbocycles. The quantitative estimate of drug-likeness (QED) is 0.857. The molecule has 0 aliphatic carbocycles. The lowest BCUT2D eigenvalue weighted by Gasteiger charge is -2.38. The van der Waals surface area contributed by atoms with Gasteiger partial charge in [-0.3, -0.25) is 4.98 Å². The van der Waals surface area contributed by atoms with Crippen LogP contribution < -0.4 is 10.2 Å². The first kappa shape index (κ1) is 11.9. The molecule has 2 aliphatic rings. The number of nitrogens with one attached hydrogen (secondary N) is 1. The summed E-state index contributed by atoms with van der Waals surface area (Å²) in [7, 11) is 0. The fraction of sp³-hybridized carbons (Fsp3) is 0.643. The number of morpholine rings is 1. The maximum absolute atomic E-state index is 5.79.